The van der Waals surface area contributed by atoms with Gasteiger partial charge in [-0.2, -0.15) is 0 Å². The Hall–Kier alpha value is -3.23. The quantitative estimate of drug-likeness (QED) is 0.453. The summed E-state index contributed by atoms with van der Waals surface area (Å²) >= 11 is 1.83. The summed E-state index contributed by atoms with van der Waals surface area (Å²) in [6, 6.07) is 11.1. The Morgan fingerprint density at radius 2 is 1.87 bits per heavy atom. The van der Waals surface area contributed by atoms with Crippen LogP contribution in [0.25, 0.3) is 11.1 Å². The van der Waals surface area contributed by atoms with Crippen molar-refractivity contribution in [3.8, 4) is 0 Å². The Bertz CT molecular complexity index is 1460. The molecule has 2 aliphatic carbocycles. The number of hydrogen-bond acceptors (Lipinski definition) is 7. The van der Waals surface area contributed by atoms with E-state index in [1.54, 1.807) is 6.20 Å². The number of allylic oxidation sites excluding steroid dienone is 2. The summed E-state index contributed by atoms with van der Waals surface area (Å²) in [7, 11) is 0. The number of aliphatic imine (C=N–C) groups is 1. The molecule has 1 saturated heterocycles. The van der Waals surface area contributed by atoms with E-state index in [0.29, 0.717) is 23.0 Å². The van der Waals surface area contributed by atoms with Crippen LogP contribution in [0.15, 0.2) is 65.9 Å². The molecule has 7 nitrogen and oxygen atoms in total. The number of likely N-dealkylation sites (tertiary alicyclic amines) is 1. The first-order chi connectivity index (χ1) is 19.2. The molecule has 4 heterocycles. The fraction of sp³-hybridized carbons (Fsp3) is 0.419. The van der Waals surface area contributed by atoms with Gasteiger partial charge in [-0.1, -0.05) is 54.2 Å². The summed E-state index contributed by atoms with van der Waals surface area (Å²) in [6.45, 7) is 2.19. The van der Waals surface area contributed by atoms with Crippen LogP contribution in [0, 0.1) is 5.92 Å². The van der Waals surface area contributed by atoms with Gasteiger partial charge in [0.25, 0.3) is 0 Å². The van der Waals surface area contributed by atoms with Crippen molar-refractivity contribution in [1.29, 1.82) is 0 Å². The molecule has 39 heavy (non-hydrogen) atoms. The van der Waals surface area contributed by atoms with Crippen LogP contribution in [0.2, 0.25) is 0 Å². The molecule has 4 aliphatic rings. The lowest BCUT2D eigenvalue weighted by Gasteiger charge is -2.43. The minimum Gasteiger partial charge on any atom is -0.382 e. The first-order valence-electron chi connectivity index (χ1n) is 14.2. The maximum atomic E-state index is 11.2. The summed E-state index contributed by atoms with van der Waals surface area (Å²) in [4.78, 5) is 28.6. The number of carbonyl (C=O) groups excluding carboxylic acids is 1. The zero-order chi connectivity index (χ0) is 26.3. The van der Waals surface area contributed by atoms with Crippen LogP contribution in [-0.2, 0) is 4.79 Å². The molecular weight excluding hydrogens is 504 g/mol. The van der Waals surface area contributed by atoms with E-state index in [0.717, 1.165) is 85.6 Å². The topological polar surface area (TPSA) is 88.9 Å². The van der Waals surface area contributed by atoms with E-state index in [9.17, 15) is 4.79 Å². The largest absolute Gasteiger partial charge is 0.382 e. The minimum atomic E-state index is 0.0855. The highest BCUT2D eigenvalue weighted by atomic mass is 32.2. The molecule has 0 bridgehead atoms. The number of imidazole rings is 1. The van der Waals surface area contributed by atoms with Crippen LogP contribution >= 0.6 is 11.8 Å². The number of nitrogen functional groups attached to an aromatic ring is 1. The second kappa shape index (κ2) is 10.4. The molecule has 0 spiro atoms. The van der Waals surface area contributed by atoms with Crippen LogP contribution in [0.1, 0.15) is 61.5 Å². The average molecular weight is 539 g/mol. The standard InChI is InChI=1S/C31H34N6OS/c32-29-28-27(22-10-11-26-25(18-22)34-31(39-26)21-8-2-1-3-9-21)35-30(37(28)15-12-33-29)23-16-24(17-23)36-13-4-6-20(19-38)7-5-14-36/h1-3,8-12,15,18-20,23-26H,4-7,13-14,16-17H2,(H2,32,33). The van der Waals surface area contributed by atoms with Gasteiger partial charge in [-0.25, -0.2) is 9.97 Å². The van der Waals surface area contributed by atoms with E-state index in [1.165, 1.54) is 5.56 Å². The molecule has 1 aromatic carbocycles. The summed E-state index contributed by atoms with van der Waals surface area (Å²) in [5, 5.41) is 1.40. The van der Waals surface area contributed by atoms with Crippen LogP contribution in [0.3, 0.4) is 0 Å². The second-order valence-corrected chi connectivity index (χ2v) is 12.4. The van der Waals surface area contributed by atoms with Crippen molar-refractivity contribution in [3.05, 3.63) is 78.0 Å². The van der Waals surface area contributed by atoms with Crippen molar-refractivity contribution in [1.82, 2.24) is 19.3 Å². The Labute approximate surface area is 233 Å². The highest BCUT2D eigenvalue weighted by Gasteiger charge is 2.38. The van der Waals surface area contributed by atoms with Gasteiger partial charge >= 0.3 is 0 Å². The predicted octanol–water partition coefficient (Wildman–Crippen LogP) is 5.13. The average Bonchev–Trinajstić information content (AvgIpc) is 3.52. The monoisotopic (exact) mass is 538 g/mol. The van der Waals surface area contributed by atoms with Crippen LogP contribution in [0.5, 0.6) is 0 Å². The summed E-state index contributed by atoms with van der Waals surface area (Å²) in [5.74, 6) is 2.26. The number of rotatable bonds is 5. The number of thioether (sulfide) groups is 1. The number of aromatic nitrogens is 3. The van der Waals surface area contributed by atoms with Crippen LogP contribution < -0.4 is 5.73 Å². The van der Waals surface area contributed by atoms with Crippen LogP contribution in [-0.4, -0.2) is 61.0 Å². The van der Waals surface area contributed by atoms with Crippen molar-refractivity contribution in [2.24, 2.45) is 10.9 Å². The number of fused-ring (bicyclic) bond motifs is 2. The van der Waals surface area contributed by atoms with Crippen LogP contribution in [0.4, 0.5) is 5.82 Å². The van der Waals surface area contributed by atoms with E-state index < -0.39 is 0 Å². The second-order valence-electron chi connectivity index (χ2n) is 11.2. The number of carbonyl (C=O) groups is 1. The lowest BCUT2D eigenvalue weighted by molar-refractivity contribution is -0.111. The highest BCUT2D eigenvalue weighted by Crippen LogP contribution is 2.43. The fourth-order valence-electron chi connectivity index (χ4n) is 6.59. The molecule has 2 fully saturated rings. The molecule has 2 N–H and O–H groups in total. The van der Waals surface area contributed by atoms with E-state index in [1.807, 2.05) is 24.0 Å². The fourth-order valence-corrected chi connectivity index (χ4v) is 7.73. The number of nitrogens with two attached hydrogens (primary N) is 1. The molecule has 7 rings (SSSR count). The smallest absolute Gasteiger partial charge is 0.150 e. The van der Waals surface area contributed by atoms with E-state index in [4.69, 9.17) is 15.7 Å². The molecule has 2 atom stereocenters. The molecule has 1 saturated carbocycles. The van der Waals surface area contributed by atoms with Gasteiger partial charge in [0.1, 0.15) is 23.4 Å². The molecule has 2 aromatic heterocycles. The van der Waals surface area contributed by atoms with Gasteiger partial charge in [0.2, 0.25) is 0 Å². The predicted molar refractivity (Wildman–Crippen MR) is 158 cm³/mol. The Kier molecular flexibility index (Phi) is 6.60. The van der Waals surface area contributed by atoms with Gasteiger partial charge < -0.3 is 15.4 Å². The third-order valence-corrected chi connectivity index (χ3v) is 10.1. The molecule has 2 aliphatic heterocycles. The van der Waals surface area contributed by atoms with E-state index in [-0.39, 0.29) is 12.0 Å². The summed E-state index contributed by atoms with van der Waals surface area (Å²) < 4.78 is 2.17. The summed E-state index contributed by atoms with van der Waals surface area (Å²) in [5.41, 5.74) is 10.5. The number of hydrogen-bond donors (Lipinski definition) is 1. The van der Waals surface area contributed by atoms with Gasteiger partial charge in [-0.3, -0.25) is 9.39 Å². The normalized spacial score (nSPS) is 27.8. The molecular formula is C31H34N6OS. The van der Waals surface area contributed by atoms with E-state index >= 15 is 0 Å². The zero-order valence-electron chi connectivity index (χ0n) is 22.0. The van der Waals surface area contributed by atoms with Gasteiger partial charge in [-0.15, -0.1) is 0 Å². The van der Waals surface area contributed by atoms with Crippen molar-refractivity contribution >= 4 is 40.0 Å². The molecule has 8 heteroatoms. The van der Waals surface area contributed by atoms with Crippen molar-refractivity contribution in [2.75, 3.05) is 18.8 Å². The lowest BCUT2D eigenvalue weighted by Crippen LogP contribution is -2.45. The van der Waals surface area contributed by atoms with E-state index in [2.05, 4.69) is 56.8 Å². The number of aldehydes is 1. The Morgan fingerprint density at radius 1 is 1.08 bits per heavy atom. The van der Waals surface area contributed by atoms with Crippen molar-refractivity contribution in [3.63, 3.8) is 0 Å². The Balaban J connectivity index is 1.13. The zero-order valence-corrected chi connectivity index (χ0v) is 22.8. The summed E-state index contributed by atoms with van der Waals surface area (Å²) in [6.07, 6.45) is 18.1. The Morgan fingerprint density at radius 3 is 2.64 bits per heavy atom. The molecule has 200 valence electrons. The minimum absolute atomic E-state index is 0.0855. The van der Waals surface area contributed by atoms with Crippen molar-refractivity contribution in [2.45, 2.75) is 61.8 Å². The van der Waals surface area contributed by atoms with Gasteiger partial charge in [0.05, 0.1) is 22.0 Å². The molecule has 0 amide bonds. The third-order valence-electron chi connectivity index (χ3n) is 8.80. The number of benzene rings is 1. The maximum absolute atomic E-state index is 11.2. The molecule has 0 radical (unpaired) electrons. The highest BCUT2D eigenvalue weighted by molar-refractivity contribution is 8.15. The molecule has 3 aromatic rings. The third kappa shape index (κ3) is 4.63. The first kappa shape index (κ1) is 24.8. The number of nitrogens with zero attached hydrogens (tertiary/aromatic N) is 5. The SMILES string of the molecule is Nc1nccn2c(C3CC(N4CCCC(C=O)CCC4)C3)nc(C3=CC4N=C(c5ccccc5)SC4C=C3)c12. The van der Waals surface area contributed by atoms with Gasteiger partial charge in [0.15, 0.2) is 0 Å². The van der Waals surface area contributed by atoms with Crippen molar-refractivity contribution < 1.29 is 4.79 Å². The van der Waals surface area contributed by atoms with Gasteiger partial charge in [-0.05, 0) is 57.7 Å². The van der Waals surface area contributed by atoms with Gasteiger partial charge in [0, 0.05) is 41.4 Å². The first-order valence-corrected chi connectivity index (χ1v) is 15.1. The maximum Gasteiger partial charge on any atom is 0.150 e. The molecule has 2 unspecified atom stereocenters. The number of anilines is 1. The lowest BCUT2D eigenvalue weighted by atomic mass is 9.78.